The van der Waals surface area contributed by atoms with E-state index in [-0.39, 0.29) is 17.5 Å². The number of aliphatic hydroxyl groups is 1. The lowest BCUT2D eigenvalue weighted by Crippen LogP contribution is -2.45. The van der Waals surface area contributed by atoms with Crippen LogP contribution in [0.5, 0.6) is 5.88 Å². The quantitative estimate of drug-likeness (QED) is 0.349. The van der Waals surface area contributed by atoms with Crippen molar-refractivity contribution in [2.45, 2.75) is 64.0 Å². The third-order valence-electron chi connectivity index (χ3n) is 5.54. The Kier molecular flexibility index (Phi) is 5.95. The van der Waals surface area contributed by atoms with Gasteiger partial charge in [-0.15, -0.1) is 0 Å². The summed E-state index contributed by atoms with van der Waals surface area (Å²) in [5.41, 5.74) is -0.509. The van der Waals surface area contributed by atoms with Crippen LogP contribution < -0.4 is 16.0 Å². The molecule has 2 aliphatic carbocycles. The van der Waals surface area contributed by atoms with Gasteiger partial charge >= 0.3 is 0 Å². The monoisotopic (exact) mass is 402 g/mol. The highest BCUT2D eigenvalue weighted by molar-refractivity contribution is 5.93. The van der Waals surface area contributed by atoms with Crippen LogP contribution in [-0.2, 0) is 10.4 Å². The largest absolute Gasteiger partial charge is 0.477 e. The van der Waals surface area contributed by atoms with Gasteiger partial charge in [0.05, 0.1) is 23.4 Å². The van der Waals surface area contributed by atoms with Crippen LogP contribution in [0.4, 0.5) is 0 Å². The Morgan fingerprint density at radius 3 is 2.69 bits per heavy atom. The molecule has 0 unspecified atom stereocenters. The van der Waals surface area contributed by atoms with E-state index in [2.05, 4.69) is 26.7 Å². The summed E-state index contributed by atoms with van der Waals surface area (Å²) in [6, 6.07) is 3.36. The van der Waals surface area contributed by atoms with Gasteiger partial charge in [-0.25, -0.2) is 9.98 Å². The number of nitrogens with zero attached hydrogens (tertiary/aromatic N) is 2. The van der Waals surface area contributed by atoms with Crippen molar-refractivity contribution >= 4 is 11.8 Å². The van der Waals surface area contributed by atoms with E-state index in [1.54, 1.807) is 32.9 Å². The van der Waals surface area contributed by atoms with Crippen molar-refractivity contribution in [2.75, 3.05) is 6.61 Å². The van der Waals surface area contributed by atoms with E-state index in [1.807, 2.05) is 0 Å². The first-order valence-electron chi connectivity index (χ1n) is 9.95. The van der Waals surface area contributed by atoms with Crippen molar-refractivity contribution in [2.24, 2.45) is 16.8 Å². The van der Waals surface area contributed by atoms with E-state index in [0.29, 0.717) is 42.5 Å². The first-order valence-corrected chi connectivity index (χ1v) is 9.95. The summed E-state index contributed by atoms with van der Waals surface area (Å²) in [6.45, 7) is 9.58. The Bertz CT molecular complexity index is 826. The van der Waals surface area contributed by atoms with Crippen molar-refractivity contribution in [3.8, 4) is 5.88 Å². The molecule has 29 heavy (non-hydrogen) atoms. The van der Waals surface area contributed by atoms with E-state index in [9.17, 15) is 9.90 Å². The molecule has 8 nitrogen and oxygen atoms in total. The minimum absolute atomic E-state index is 0.208. The number of aliphatic imine (C=N–C) groups is 1. The fourth-order valence-corrected chi connectivity index (χ4v) is 3.07. The van der Waals surface area contributed by atoms with Gasteiger partial charge in [-0.05, 0) is 64.0 Å². The first-order chi connectivity index (χ1) is 13.6. The highest BCUT2D eigenvalue weighted by atomic mass is 16.6. The van der Waals surface area contributed by atoms with E-state index in [0.717, 1.165) is 19.3 Å². The number of pyridine rings is 1. The number of rotatable bonds is 8. The Morgan fingerprint density at radius 2 is 2.14 bits per heavy atom. The topological polar surface area (TPSA) is 119 Å². The fourth-order valence-electron chi connectivity index (χ4n) is 3.07. The van der Waals surface area contributed by atoms with E-state index in [4.69, 9.17) is 10.6 Å². The second kappa shape index (κ2) is 8.12. The molecule has 2 fully saturated rings. The maximum absolute atomic E-state index is 12.8. The van der Waals surface area contributed by atoms with Gasteiger partial charge < -0.3 is 20.0 Å². The van der Waals surface area contributed by atoms with Crippen molar-refractivity contribution < 1.29 is 19.5 Å². The molecule has 1 aromatic heterocycles. The van der Waals surface area contributed by atoms with Crippen LogP contribution in [-0.4, -0.2) is 34.0 Å². The van der Waals surface area contributed by atoms with Crippen LogP contribution >= 0.6 is 0 Å². The van der Waals surface area contributed by atoms with Gasteiger partial charge in [-0.2, -0.15) is 5.90 Å². The first kappa shape index (κ1) is 21.3. The van der Waals surface area contributed by atoms with Gasteiger partial charge in [0.1, 0.15) is 5.69 Å². The summed E-state index contributed by atoms with van der Waals surface area (Å²) in [4.78, 5) is 26.0. The second-order valence-electron chi connectivity index (χ2n) is 8.46. The second-order valence-corrected chi connectivity index (χ2v) is 8.46. The molecule has 4 N–H and O–H groups in total. The lowest BCUT2D eigenvalue weighted by molar-refractivity contribution is -0.0414. The maximum Gasteiger partial charge on any atom is 0.270 e. The zero-order valence-electron chi connectivity index (χ0n) is 17.3. The molecule has 0 bridgehead atoms. The predicted molar refractivity (Wildman–Crippen MR) is 109 cm³/mol. The lowest BCUT2D eigenvalue weighted by atomic mass is 9.75. The third kappa shape index (κ3) is 4.94. The van der Waals surface area contributed by atoms with Crippen LogP contribution in [0.3, 0.4) is 0 Å². The maximum atomic E-state index is 12.8. The van der Waals surface area contributed by atoms with Crippen LogP contribution in [0.25, 0.3) is 0 Å². The number of hydrogen-bond acceptors (Lipinski definition) is 7. The number of nitrogens with two attached hydrogens (primary N) is 1. The normalized spacial score (nSPS) is 18.6. The molecule has 1 heterocycles. The van der Waals surface area contributed by atoms with Gasteiger partial charge in [0, 0.05) is 12.5 Å². The van der Waals surface area contributed by atoms with E-state index < -0.39 is 11.1 Å². The minimum Gasteiger partial charge on any atom is -0.477 e. The van der Waals surface area contributed by atoms with E-state index >= 15 is 0 Å². The molecule has 2 saturated carbocycles. The summed E-state index contributed by atoms with van der Waals surface area (Å²) in [7, 11) is 0. The summed E-state index contributed by atoms with van der Waals surface area (Å²) >= 11 is 0. The number of carbonyl (C=O) groups excluding carboxylic acids is 1. The molecule has 0 aliphatic heterocycles. The molecular weight excluding hydrogens is 372 g/mol. The number of amides is 1. The number of aromatic nitrogens is 1. The molecule has 0 aromatic carbocycles. The third-order valence-corrected chi connectivity index (χ3v) is 5.54. The summed E-state index contributed by atoms with van der Waals surface area (Å²) in [5.74, 6) is 5.82. The molecule has 8 heteroatoms. The lowest BCUT2D eigenvalue weighted by Gasteiger charge is -2.37. The SMILES string of the molecule is C=C(N=C(C)ON)C(C)(C)NC(=O)c1ccc(C2(O)CCC2)c(OCC2CC2)n1. The van der Waals surface area contributed by atoms with Crippen molar-refractivity contribution in [3.05, 3.63) is 35.7 Å². The van der Waals surface area contributed by atoms with Crippen LogP contribution in [0.1, 0.15) is 68.9 Å². The number of carbonyl (C=O) groups is 1. The molecule has 158 valence electrons. The van der Waals surface area contributed by atoms with Crippen molar-refractivity contribution in [1.29, 1.82) is 0 Å². The van der Waals surface area contributed by atoms with Gasteiger partial charge in [-0.1, -0.05) is 6.58 Å². The van der Waals surface area contributed by atoms with Gasteiger partial charge in [0.2, 0.25) is 11.8 Å². The van der Waals surface area contributed by atoms with Crippen LogP contribution in [0.15, 0.2) is 29.4 Å². The van der Waals surface area contributed by atoms with Gasteiger partial charge in [0.15, 0.2) is 0 Å². The van der Waals surface area contributed by atoms with Gasteiger partial charge in [-0.3, -0.25) is 4.79 Å². The van der Waals surface area contributed by atoms with Crippen LogP contribution in [0, 0.1) is 5.92 Å². The number of ether oxygens (including phenoxy) is 1. The van der Waals surface area contributed by atoms with Crippen molar-refractivity contribution in [3.63, 3.8) is 0 Å². The average molecular weight is 402 g/mol. The summed E-state index contributed by atoms with van der Waals surface area (Å²) in [6.07, 6.45) is 4.59. The molecule has 0 atom stereocenters. The highest BCUT2D eigenvalue weighted by Crippen LogP contribution is 2.44. The Hall–Kier alpha value is -2.45. The Labute approximate surface area is 171 Å². The summed E-state index contributed by atoms with van der Waals surface area (Å²) < 4.78 is 5.90. The standard InChI is InChI=1S/C21H30N4O4/c1-13(23-14(2)29-22)20(3,4)25-18(26)17-9-8-16(21(27)10-5-11-21)19(24-17)28-12-15-6-7-15/h8-9,15,27H,1,5-7,10-12,22H2,2-4H3,(H,25,26). The zero-order valence-corrected chi connectivity index (χ0v) is 17.3. The summed E-state index contributed by atoms with van der Waals surface area (Å²) in [5, 5.41) is 13.6. The van der Waals surface area contributed by atoms with E-state index in [1.165, 1.54) is 0 Å². The minimum atomic E-state index is -0.914. The van der Waals surface area contributed by atoms with Gasteiger partial charge in [0.25, 0.3) is 5.91 Å². The molecule has 1 amide bonds. The smallest absolute Gasteiger partial charge is 0.270 e. The highest BCUT2D eigenvalue weighted by Gasteiger charge is 2.40. The molecular formula is C21H30N4O4. The van der Waals surface area contributed by atoms with Crippen molar-refractivity contribution in [1.82, 2.24) is 10.3 Å². The fraction of sp³-hybridized carbons (Fsp3) is 0.571. The molecule has 0 spiro atoms. The molecule has 3 rings (SSSR count). The molecule has 0 radical (unpaired) electrons. The number of nitrogens with one attached hydrogen (secondary N) is 1. The Balaban J connectivity index is 1.79. The molecule has 2 aliphatic rings. The average Bonchev–Trinajstić information content (AvgIpc) is 3.48. The zero-order chi connectivity index (χ0) is 21.2. The molecule has 1 aromatic rings. The Morgan fingerprint density at radius 1 is 1.45 bits per heavy atom. The molecule has 0 saturated heterocycles. The number of hydrogen-bond donors (Lipinski definition) is 3. The van der Waals surface area contributed by atoms with Crippen LogP contribution in [0.2, 0.25) is 0 Å². The predicted octanol–water partition coefficient (Wildman–Crippen LogP) is 2.57.